The highest BCUT2D eigenvalue weighted by Gasteiger charge is 2.06. The molecule has 0 fully saturated rings. The molecule has 12 heavy (non-hydrogen) atoms. The molecule has 0 heterocycles. The minimum absolute atomic E-state index is 0.388. The summed E-state index contributed by atoms with van der Waals surface area (Å²) >= 11 is 0. The third-order valence-electron chi connectivity index (χ3n) is 1.18. The lowest BCUT2D eigenvalue weighted by molar-refractivity contribution is 0.0946. The first-order valence-corrected chi connectivity index (χ1v) is 4.04. The first-order valence-electron chi connectivity index (χ1n) is 4.04. The smallest absolute Gasteiger partial charge is 0.434 e. The molecule has 0 amide bonds. The van der Waals surface area contributed by atoms with E-state index < -0.39 is 6.16 Å². The van der Waals surface area contributed by atoms with Crippen LogP contribution in [0.5, 0.6) is 0 Å². The van der Waals surface area contributed by atoms with Gasteiger partial charge in [-0.15, -0.1) is 0 Å². The summed E-state index contributed by atoms with van der Waals surface area (Å²) in [5.74, 6) is 0.399. The monoisotopic (exact) mass is 173 g/mol. The van der Waals surface area contributed by atoms with Crippen LogP contribution in [0.25, 0.3) is 0 Å². The molecular formula is C8H15NO3. The van der Waals surface area contributed by atoms with Crippen LogP contribution in [-0.2, 0) is 9.47 Å². The molecule has 0 N–H and O–H groups in total. The topological polar surface area (TPSA) is 47.9 Å². The summed E-state index contributed by atoms with van der Waals surface area (Å²) in [5.41, 5.74) is 0. The standard InChI is InChI=1S/C8H15NO3/c1-4-6-11-8(10)12-7(5-2)9-3/h4-6H2,1-3H3. The molecule has 70 valence electrons. The number of rotatable bonds is 3. The van der Waals surface area contributed by atoms with Crippen LogP contribution in [0, 0.1) is 0 Å². The minimum atomic E-state index is -0.667. The fourth-order valence-electron chi connectivity index (χ4n) is 0.587. The Balaban J connectivity index is 3.67. The molecule has 0 aliphatic heterocycles. The Kier molecular flexibility index (Phi) is 6.05. The van der Waals surface area contributed by atoms with E-state index in [4.69, 9.17) is 4.74 Å². The Morgan fingerprint density at radius 2 is 2.08 bits per heavy atom. The number of hydrogen-bond acceptors (Lipinski definition) is 4. The number of ether oxygens (including phenoxy) is 2. The molecule has 0 aromatic carbocycles. The van der Waals surface area contributed by atoms with Crippen LogP contribution in [-0.4, -0.2) is 25.7 Å². The SMILES string of the molecule is CCCOC(=O)OC(CC)=NC. The highest BCUT2D eigenvalue weighted by Crippen LogP contribution is 1.93. The van der Waals surface area contributed by atoms with Gasteiger partial charge >= 0.3 is 6.16 Å². The third kappa shape index (κ3) is 4.71. The van der Waals surface area contributed by atoms with Crippen molar-refractivity contribution < 1.29 is 14.3 Å². The Morgan fingerprint density at radius 1 is 1.42 bits per heavy atom. The molecule has 4 nitrogen and oxygen atoms in total. The molecule has 0 aliphatic carbocycles. The van der Waals surface area contributed by atoms with E-state index in [0.717, 1.165) is 6.42 Å². The van der Waals surface area contributed by atoms with Gasteiger partial charge in [-0.3, -0.25) is 4.99 Å². The summed E-state index contributed by atoms with van der Waals surface area (Å²) in [6.45, 7) is 4.16. The van der Waals surface area contributed by atoms with Gasteiger partial charge in [-0.1, -0.05) is 13.8 Å². The first kappa shape index (κ1) is 10.9. The van der Waals surface area contributed by atoms with Gasteiger partial charge in [-0.05, 0) is 6.42 Å². The quantitative estimate of drug-likeness (QED) is 0.372. The Bertz CT molecular complexity index is 166. The van der Waals surface area contributed by atoms with Gasteiger partial charge < -0.3 is 9.47 Å². The summed E-state index contributed by atoms with van der Waals surface area (Å²) in [6.07, 6.45) is 0.719. The van der Waals surface area contributed by atoms with Crippen molar-refractivity contribution in [3.05, 3.63) is 0 Å². The van der Waals surface area contributed by atoms with Crippen molar-refractivity contribution in [2.75, 3.05) is 13.7 Å². The molecule has 0 atom stereocenters. The van der Waals surface area contributed by atoms with Crippen molar-refractivity contribution >= 4 is 12.1 Å². The summed E-state index contributed by atoms with van der Waals surface area (Å²) in [5, 5.41) is 0. The van der Waals surface area contributed by atoms with Crippen LogP contribution >= 0.6 is 0 Å². The van der Waals surface area contributed by atoms with Crippen molar-refractivity contribution in [2.24, 2.45) is 4.99 Å². The third-order valence-corrected chi connectivity index (χ3v) is 1.18. The molecule has 0 aromatic rings. The van der Waals surface area contributed by atoms with Crippen molar-refractivity contribution in [3.8, 4) is 0 Å². The molecule has 0 rings (SSSR count). The van der Waals surface area contributed by atoms with E-state index in [0.29, 0.717) is 18.9 Å². The van der Waals surface area contributed by atoms with Crippen molar-refractivity contribution in [3.63, 3.8) is 0 Å². The summed E-state index contributed by atoms with van der Waals surface area (Å²) in [7, 11) is 1.58. The van der Waals surface area contributed by atoms with E-state index >= 15 is 0 Å². The van der Waals surface area contributed by atoms with Crippen LogP contribution in [0.15, 0.2) is 4.99 Å². The zero-order valence-electron chi connectivity index (χ0n) is 7.79. The predicted molar refractivity (Wildman–Crippen MR) is 46.4 cm³/mol. The van der Waals surface area contributed by atoms with Gasteiger partial charge in [0.2, 0.25) is 0 Å². The lowest BCUT2D eigenvalue weighted by Crippen LogP contribution is -2.13. The van der Waals surface area contributed by atoms with Gasteiger partial charge in [0.1, 0.15) is 0 Å². The van der Waals surface area contributed by atoms with Crippen LogP contribution in [0.3, 0.4) is 0 Å². The number of carbonyl (C=O) groups excluding carboxylic acids is 1. The number of nitrogens with zero attached hydrogens (tertiary/aromatic N) is 1. The van der Waals surface area contributed by atoms with E-state index in [9.17, 15) is 4.79 Å². The fourth-order valence-corrected chi connectivity index (χ4v) is 0.587. The average molecular weight is 173 g/mol. The second-order valence-electron chi connectivity index (χ2n) is 2.17. The van der Waals surface area contributed by atoms with Gasteiger partial charge in [-0.25, -0.2) is 4.79 Å². The molecule has 0 aromatic heterocycles. The lowest BCUT2D eigenvalue weighted by atomic mass is 10.5. The van der Waals surface area contributed by atoms with Crippen molar-refractivity contribution in [2.45, 2.75) is 26.7 Å². The average Bonchev–Trinajstić information content (AvgIpc) is 2.10. The van der Waals surface area contributed by atoms with Crippen molar-refractivity contribution in [1.82, 2.24) is 0 Å². The largest absolute Gasteiger partial charge is 0.514 e. The number of carbonyl (C=O) groups is 1. The second kappa shape index (κ2) is 6.64. The van der Waals surface area contributed by atoms with Crippen LogP contribution < -0.4 is 0 Å². The van der Waals surface area contributed by atoms with E-state index in [1.165, 1.54) is 0 Å². The maximum atomic E-state index is 10.8. The van der Waals surface area contributed by atoms with E-state index in [-0.39, 0.29) is 0 Å². The summed E-state index contributed by atoms with van der Waals surface area (Å²) in [4.78, 5) is 14.6. The van der Waals surface area contributed by atoms with Gasteiger partial charge in [0.25, 0.3) is 0 Å². The lowest BCUT2D eigenvalue weighted by Gasteiger charge is -2.04. The van der Waals surface area contributed by atoms with E-state index in [1.807, 2.05) is 13.8 Å². The zero-order chi connectivity index (χ0) is 9.40. The molecule has 0 saturated heterocycles. The predicted octanol–water partition coefficient (Wildman–Crippen LogP) is 1.99. The first-order chi connectivity index (χ1) is 5.74. The highest BCUT2D eigenvalue weighted by molar-refractivity contribution is 5.85. The number of hydrogen-bond donors (Lipinski definition) is 0. The molecule has 0 bridgehead atoms. The molecule has 0 spiro atoms. The van der Waals surface area contributed by atoms with Gasteiger partial charge in [0, 0.05) is 13.5 Å². The Hall–Kier alpha value is -1.06. The van der Waals surface area contributed by atoms with Gasteiger partial charge in [0.15, 0.2) is 5.90 Å². The summed E-state index contributed by atoms with van der Waals surface area (Å²) < 4.78 is 9.42. The van der Waals surface area contributed by atoms with E-state index in [1.54, 1.807) is 7.05 Å². The second-order valence-corrected chi connectivity index (χ2v) is 2.17. The normalized spacial score (nSPS) is 11.1. The zero-order valence-corrected chi connectivity index (χ0v) is 7.79. The van der Waals surface area contributed by atoms with Crippen LogP contribution in [0.4, 0.5) is 4.79 Å². The van der Waals surface area contributed by atoms with Gasteiger partial charge in [0.05, 0.1) is 6.61 Å². The molecule has 4 heteroatoms. The Labute approximate surface area is 72.6 Å². The van der Waals surface area contributed by atoms with Crippen LogP contribution in [0.2, 0.25) is 0 Å². The highest BCUT2D eigenvalue weighted by atomic mass is 16.7. The molecule has 0 aliphatic rings. The van der Waals surface area contributed by atoms with Crippen molar-refractivity contribution in [1.29, 1.82) is 0 Å². The molecule has 0 unspecified atom stereocenters. The molecule has 0 radical (unpaired) electrons. The molecular weight excluding hydrogens is 158 g/mol. The maximum Gasteiger partial charge on any atom is 0.514 e. The Morgan fingerprint density at radius 3 is 2.50 bits per heavy atom. The maximum absolute atomic E-state index is 10.8. The van der Waals surface area contributed by atoms with E-state index in [2.05, 4.69) is 9.73 Å². The molecule has 0 saturated carbocycles. The fraction of sp³-hybridized carbons (Fsp3) is 0.750. The summed E-state index contributed by atoms with van der Waals surface area (Å²) in [6, 6.07) is 0. The number of aliphatic imine (C=N–C) groups is 1. The van der Waals surface area contributed by atoms with Crippen LogP contribution in [0.1, 0.15) is 26.7 Å². The van der Waals surface area contributed by atoms with Gasteiger partial charge in [-0.2, -0.15) is 0 Å². The minimum Gasteiger partial charge on any atom is -0.434 e.